The SMILES string of the molecule is c1cnn(CCN2CCC(=C3CC3)CC2)c1. The number of hydrogen-bond donors (Lipinski definition) is 0. The zero-order valence-electron chi connectivity index (χ0n) is 9.73. The highest BCUT2D eigenvalue weighted by molar-refractivity contribution is 5.26. The number of likely N-dealkylation sites (tertiary alicyclic amines) is 1. The molecule has 0 unspecified atom stereocenters. The molecule has 0 radical (unpaired) electrons. The highest BCUT2D eigenvalue weighted by Crippen LogP contribution is 2.35. The average molecular weight is 217 g/mol. The smallest absolute Gasteiger partial charge is 0.0536 e. The molecule has 2 heterocycles. The second kappa shape index (κ2) is 4.42. The zero-order chi connectivity index (χ0) is 10.8. The average Bonchev–Trinajstić information content (AvgIpc) is 3.05. The standard InChI is InChI=1S/C13H19N3/c1-6-14-16(7-1)11-10-15-8-4-13(5-9-15)12-2-3-12/h1,6-7H,2-5,8-11H2. The van der Waals surface area contributed by atoms with E-state index >= 15 is 0 Å². The van der Waals surface area contributed by atoms with E-state index < -0.39 is 0 Å². The van der Waals surface area contributed by atoms with Gasteiger partial charge in [0, 0.05) is 32.0 Å². The van der Waals surface area contributed by atoms with Gasteiger partial charge in [-0.1, -0.05) is 11.1 Å². The summed E-state index contributed by atoms with van der Waals surface area (Å²) in [6.45, 7) is 4.67. The summed E-state index contributed by atoms with van der Waals surface area (Å²) in [6.07, 6.45) is 9.31. The van der Waals surface area contributed by atoms with Crippen LogP contribution in [0.5, 0.6) is 0 Å². The van der Waals surface area contributed by atoms with Crippen molar-refractivity contribution >= 4 is 0 Å². The van der Waals surface area contributed by atoms with E-state index in [9.17, 15) is 0 Å². The molecule has 2 fully saturated rings. The van der Waals surface area contributed by atoms with E-state index in [4.69, 9.17) is 0 Å². The molecule has 2 aliphatic rings. The van der Waals surface area contributed by atoms with Crippen LogP contribution >= 0.6 is 0 Å². The van der Waals surface area contributed by atoms with Gasteiger partial charge >= 0.3 is 0 Å². The Morgan fingerprint density at radius 1 is 1.00 bits per heavy atom. The first-order valence-corrected chi connectivity index (χ1v) is 6.31. The van der Waals surface area contributed by atoms with E-state index in [0.717, 1.165) is 13.1 Å². The predicted molar refractivity (Wildman–Crippen MR) is 64.2 cm³/mol. The number of rotatable bonds is 3. The van der Waals surface area contributed by atoms with E-state index in [1.165, 1.54) is 38.8 Å². The lowest BCUT2D eigenvalue weighted by Gasteiger charge is -2.28. The summed E-state index contributed by atoms with van der Waals surface area (Å²) in [5.41, 5.74) is 3.54. The van der Waals surface area contributed by atoms with Crippen LogP contribution in [0.15, 0.2) is 29.6 Å². The fraction of sp³-hybridized carbons (Fsp3) is 0.615. The predicted octanol–water partition coefficient (Wildman–Crippen LogP) is 2.07. The molecule has 16 heavy (non-hydrogen) atoms. The van der Waals surface area contributed by atoms with E-state index in [1.807, 2.05) is 23.1 Å². The molecule has 1 aliphatic heterocycles. The quantitative estimate of drug-likeness (QED) is 0.723. The van der Waals surface area contributed by atoms with E-state index in [-0.39, 0.29) is 0 Å². The number of piperidine rings is 1. The van der Waals surface area contributed by atoms with Gasteiger partial charge in [-0.2, -0.15) is 5.10 Å². The molecule has 0 amide bonds. The van der Waals surface area contributed by atoms with E-state index in [1.54, 1.807) is 11.1 Å². The van der Waals surface area contributed by atoms with Gasteiger partial charge in [-0.3, -0.25) is 4.68 Å². The van der Waals surface area contributed by atoms with Crippen LogP contribution < -0.4 is 0 Å². The molecule has 0 aromatic carbocycles. The zero-order valence-corrected chi connectivity index (χ0v) is 9.73. The van der Waals surface area contributed by atoms with Crippen molar-refractivity contribution in [1.82, 2.24) is 14.7 Å². The maximum absolute atomic E-state index is 4.23. The van der Waals surface area contributed by atoms with Crippen LogP contribution in [0.2, 0.25) is 0 Å². The van der Waals surface area contributed by atoms with Gasteiger partial charge in [-0.05, 0) is 31.7 Å². The summed E-state index contributed by atoms with van der Waals surface area (Å²) in [5, 5.41) is 4.23. The van der Waals surface area contributed by atoms with E-state index in [0.29, 0.717) is 0 Å². The number of aromatic nitrogens is 2. The molecular formula is C13H19N3. The van der Waals surface area contributed by atoms with Gasteiger partial charge in [-0.15, -0.1) is 0 Å². The molecule has 86 valence electrons. The number of allylic oxidation sites excluding steroid dienone is 1. The second-order valence-corrected chi connectivity index (χ2v) is 4.82. The Morgan fingerprint density at radius 2 is 1.75 bits per heavy atom. The van der Waals surface area contributed by atoms with Crippen molar-refractivity contribution in [3.8, 4) is 0 Å². The van der Waals surface area contributed by atoms with Crippen molar-refractivity contribution in [3.05, 3.63) is 29.6 Å². The Morgan fingerprint density at radius 3 is 2.38 bits per heavy atom. The normalized spacial score (nSPS) is 21.5. The largest absolute Gasteiger partial charge is 0.301 e. The van der Waals surface area contributed by atoms with Gasteiger partial charge in [0.25, 0.3) is 0 Å². The molecule has 0 spiro atoms. The van der Waals surface area contributed by atoms with Crippen molar-refractivity contribution in [3.63, 3.8) is 0 Å². The van der Waals surface area contributed by atoms with Crippen LogP contribution in [0.1, 0.15) is 25.7 Å². The van der Waals surface area contributed by atoms with Crippen LogP contribution in [-0.4, -0.2) is 34.3 Å². The van der Waals surface area contributed by atoms with Crippen LogP contribution in [0.25, 0.3) is 0 Å². The highest BCUT2D eigenvalue weighted by Gasteiger charge is 2.21. The maximum Gasteiger partial charge on any atom is 0.0536 e. The molecule has 3 heteroatoms. The third-order valence-corrected chi connectivity index (χ3v) is 3.66. The summed E-state index contributed by atoms with van der Waals surface area (Å²) in [6, 6.07) is 1.99. The molecule has 1 saturated carbocycles. The van der Waals surface area contributed by atoms with Crippen LogP contribution in [0.3, 0.4) is 0 Å². The van der Waals surface area contributed by atoms with Crippen molar-refractivity contribution in [2.75, 3.05) is 19.6 Å². The first kappa shape index (κ1) is 10.1. The van der Waals surface area contributed by atoms with Gasteiger partial charge in [0.2, 0.25) is 0 Å². The van der Waals surface area contributed by atoms with Crippen LogP contribution in [0, 0.1) is 0 Å². The number of nitrogens with zero attached hydrogens (tertiary/aromatic N) is 3. The van der Waals surface area contributed by atoms with Gasteiger partial charge < -0.3 is 4.90 Å². The monoisotopic (exact) mass is 217 g/mol. The minimum Gasteiger partial charge on any atom is -0.301 e. The van der Waals surface area contributed by atoms with Gasteiger partial charge in [0.15, 0.2) is 0 Å². The van der Waals surface area contributed by atoms with Gasteiger partial charge in [0.05, 0.1) is 6.54 Å². The topological polar surface area (TPSA) is 21.1 Å². The lowest BCUT2D eigenvalue weighted by molar-refractivity contribution is 0.242. The summed E-state index contributed by atoms with van der Waals surface area (Å²) in [5.74, 6) is 0. The Bertz CT molecular complexity index is 362. The summed E-state index contributed by atoms with van der Waals surface area (Å²) in [4.78, 5) is 2.56. The van der Waals surface area contributed by atoms with Crippen molar-refractivity contribution in [1.29, 1.82) is 0 Å². The van der Waals surface area contributed by atoms with Crippen molar-refractivity contribution < 1.29 is 0 Å². The Balaban J connectivity index is 1.46. The third-order valence-electron chi connectivity index (χ3n) is 3.66. The molecule has 1 saturated heterocycles. The summed E-state index contributed by atoms with van der Waals surface area (Å²) < 4.78 is 2.02. The Labute approximate surface area is 96.7 Å². The van der Waals surface area contributed by atoms with Crippen LogP contribution in [-0.2, 0) is 6.54 Å². The first-order chi connectivity index (χ1) is 7.92. The molecule has 3 nitrogen and oxygen atoms in total. The van der Waals surface area contributed by atoms with Gasteiger partial charge in [-0.25, -0.2) is 0 Å². The minimum atomic E-state index is 1.03. The van der Waals surface area contributed by atoms with Crippen LogP contribution in [0.4, 0.5) is 0 Å². The molecular weight excluding hydrogens is 198 g/mol. The fourth-order valence-corrected chi connectivity index (χ4v) is 2.49. The van der Waals surface area contributed by atoms with Crippen molar-refractivity contribution in [2.45, 2.75) is 32.2 Å². The van der Waals surface area contributed by atoms with Gasteiger partial charge in [0.1, 0.15) is 0 Å². The Kier molecular flexibility index (Phi) is 2.79. The fourth-order valence-electron chi connectivity index (χ4n) is 2.49. The first-order valence-electron chi connectivity index (χ1n) is 6.31. The third kappa shape index (κ3) is 2.35. The Hall–Kier alpha value is -1.09. The van der Waals surface area contributed by atoms with E-state index in [2.05, 4.69) is 10.00 Å². The highest BCUT2D eigenvalue weighted by atomic mass is 15.3. The summed E-state index contributed by atoms with van der Waals surface area (Å²) >= 11 is 0. The second-order valence-electron chi connectivity index (χ2n) is 4.82. The molecule has 0 N–H and O–H groups in total. The molecule has 1 aromatic rings. The molecule has 0 atom stereocenters. The molecule has 3 rings (SSSR count). The summed E-state index contributed by atoms with van der Waals surface area (Å²) in [7, 11) is 0. The molecule has 0 bridgehead atoms. The maximum atomic E-state index is 4.23. The molecule has 1 aliphatic carbocycles. The number of hydrogen-bond acceptors (Lipinski definition) is 2. The lowest BCUT2D eigenvalue weighted by Crippen LogP contribution is -2.33. The lowest BCUT2D eigenvalue weighted by atomic mass is 10.0. The molecule has 1 aromatic heterocycles. The minimum absolute atomic E-state index is 1.03. The van der Waals surface area contributed by atoms with Crippen molar-refractivity contribution in [2.24, 2.45) is 0 Å².